The van der Waals surface area contributed by atoms with Crippen molar-refractivity contribution < 1.29 is 9.59 Å². The predicted octanol–water partition coefficient (Wildman–Crippen LogP) is 3.50. The van der Waals surface area contributed by atoms with E-state index >= 15 is 0 Å². The zero-order valence-electron chi connectivity index (χ0n) is 12.0. The van der Waals surface area contributed by atoms with Crippen LogP contribution in [0.25, 0.3) is 0 Å². The van der Waals surface area contributed by atoms with Gasteiger partial charge in [-0.15, -0.1) is 0 Å². The minimum absolute atomic E-state index is 0.169. The SMILES string of the molecule is Cc1ccc(N2C(=O)C[C@H](Nc3ccc(Br)cc3)C2=O)cc1. The van der Waals surface area contributed by atoms with Crippen molar-refractivity contribution in [2.75, 3.05) is 10.2 Å². The molecule has 0 spiro atoms. The van der Waals surface area contributed by atoms with Gasteiger partial charge in [-0.05, 0) is 43.3 Å². The van der Waals surface area contributed by atoms with E-state index in [9.17, 15) is 9.59 Å². The zero-order valence-corrected chi connectivity index (χ0v) is 13.6. The Hall–Kier alpha value is -2.14. The predicted molar refractivity (Wildman–Crippen MR) is 89.8 cm³/mol. The molecule has 1 atom stereocenters. The first-order chi connectivity index (χ1) is 10.5. The number of nitrogens with one attached hydrogen (secondary N) is 1. The van der Waals surface area contributed by atoms with Crippen LogP contribution in [0.4, 0.5) is 11.4 Å². The second-order valence-corrected chi connectivity index (χ2v) is 6.23. The van der Waals surface area contributed by atoms with Gasteiger partial charge in [-0.25, -0.2) is 4.90 Å². The molecule has 1 heterocycles. The van der Waals surface area contributed by atoms with Crippen molar-refractivity contribution in [3.8, 4) is 0 Å². The maximum absolute atomic E-state index is 12.5. The summed E-state index contributed by atoms with van der Waals surface area (Å²) in [5.41, 5.74) is 2.54. The van der Waals surface area contributed by atoms with Crippen LogP contribution in [0.15, 0.2) is 53.0 Å². The molecule has 22 heavy (non-hydrogen) atoms. The Kier molecular flexibility index (Phi) is 3.98. The van der Waals surface area contributed by atoms with E-state index in [-0.39, 0.29) is 18.2 Å². The summed E-state index contributed by atoms with van der Waals surface area (Å²) in [4.78, 5) is 25.9. The monoisotopic (exact) mass is 358 g/mol. The molecular weight excluding hydrogens is 344 g/mol. The van der Waals surface area contributed by atoms with E-state index in [4.69, 9.17) is 0 Å². The van der Waals surface area contributed by atoms with E-state index in [0.29, 0.717) is 5.69 Å². The van der Waals surface area contributed by atoms with Gasteiger partial charge >= 0.3 is 0 Å². The molecule has 4 nitrogen and oxygen atoms in total. The van der Waals surface area contributed by atoms with E-state index in [1.165, 1.54) is 4.90 Å². The van der Waals surface area contributed by atoms with Crippen molar-refractivity contribution in [1.29, 1.82) is 0 Å². The van der Waals surface area contributed by atoms with Gasteiger partial charge in [0.25, 0.3) is 5.91 Å². The molecule has 2 aromatic carbocycles. The molecule has 3 rings (SSSR count). The van der Waals surface area contributed by atoms with E-state index in [2.05, 4.69) is 21.2 Å². The quantitative estimate of drug-likeness (QED) is 0.854. The lowest BCUT2D eigenvalue weighted by molar-refractivity contribution is -0.121. The summed E-state index contributed by atoms with van der Waals surface area (Å²) < 4.78 is 0.966. The molecule has 1 fully saturated rings. The van der Waals surface area contributed by atoms with Crippen LogP contribution in [0.2, 0.25) is 0 Å². The molecule has 1 aliphatic rings. The molecule has 0 aliphatic carbocycles. The molecule has 0 bridgehead atoms. The van der Waals surface area contributed by atoms with Crippen LogP contribution in [-0.4, -0.2) is 17.9 Å². The highest BCUT2D eigenvalue weighted by Crippen LogP contribution is 2.25. The van der Waals surface area contributed by atoms with Crippen molar-refractivity contribution in [3.63, 3.8) is 0 Å². The van der Waals surface area contributed by atoms with Gasteiger partial charge in [0.05, 0.1) is 12.1 Å². The van der Waals surface area contributed by atoms with E-state index in [1.807, 2.05) is 43.3 Å². The number of carbonyl (C=O) groups excluding carboxylic acids is 2. The highest BCUT2D eigenvalue weighted by atomic mass is 79.9. The summed E-state index contributed by atoms with van der Waals surface area (Å²) in [6.45, 7) is 1.97. The van der Waals surface area contributed by atoms with Crippen molar-refractivity contribution >= 4 is 39.1 Å². The van der Waals surface area contributed by atoms with Crippen molar-refractivity contribution in [2.24, 2.45) is 0 Å². The Morgan fingerprint density at radius 3 is 2.32 bits per heavy atom. The van der Waals surface area contributed by atoms with Gasteiger partial charge in [-0.3, -0.25) is 9.59 Å². The molecular formula is C17H15BrN2O2. The van der Waals surface area contributed by atoms with Gasteiger partial charge in [0.15, 0.2) is 0 Å². The number of rotatable bonds is 3. The van der Waals surface area contributed by atoms with Crippen LogP contribution in [-0.2, 0) is 9.59 Å². The molecule has 1 N–H and O–H groups in total. The Bertz CT molecular complexity index is 710. The number of imide groups is 1. The first-order valence-electron chi connectivity index (χ1n) is 7.00. The first-order valence-corrected chi connectivity index (χ1v) is 7.79. The van der Waals surface area contributed by atoms with Crippen LogP contribution in [0.3, 0.4) is 0 Å². The highest BCUT2D eigenvalue weighted by Gasteiger charge is 2.39. The standard InChI is InChI=1S/C17H15BrN2O2/c1-11-2-8-14(9-3-11)20-16(21)10-15(17(20)22)19-13-6-4-12(18)5-7-13/h2-9,15,19H,10H2,1H3/t15-/m0/s1. The van der Waals surface area contributed by atoms with Gasteiger partial charge in [0.2, 0.25) is 5.91 Å². The number of benzene rings is 2. The average Bonchev–Trinajstić information content (AvgIpc) is 2.77. The van der Waals surface area contributed by atoms with Crippen molar-refractivity contribution in [1.82, 2.24) is 0 Å². The van der Waals surface area contributed by atoms with Crippen LogP contribution < -0.4 is 10.2 Å². The smallest absolute Gasteiger partial charge is 0.256 e. The van der Waals surface area contributed by atoms with Crippen molar-refractivity contribution in [3.05, 3.63) is 58.6 Å². The Morgan fingerprint density at radius 1 is 1.05 bits per heavy atom. The minimum atomic E-state index is -0.519. The minimum Gasteiger partial charge on any atom is -0.373 e. The van der Waals surface area contributed by atoms with Gasteiger partial charge in [0.1, 0.15) is 6.04 Å². The zero-order chi connectivity index (χ0) is 15.7. The summed E-state index contributed by atoms with van der Waals surface area (Å²) >= 11 is 3.37. The maximum atomic E-state index is 12.5. The number of aryl methyl sites for hydroxylation is 1. The van der Waals surface area contributed by atoms with Gasteiger partial charge in [-0.1, -0.05) is 33.6 Å². The number of amides is 2. The van der Waals surface area contributed by atoms with Crippen molar-refractivity contribution in [2.45, 2.75) is 19.4 Å². The molecule has 1 saturated heterocycles. The summed E-state index contributed by atoms with van der Waals surface area (Å²) in [7, 11) is 0. The molecule has 0 aromatic heterocycles. The fourth-order valence-corrected chi connectivity index (χ4v) is 2.72. The number of halogens is 1. The largest absolute Gasteiger partial charge is 0.373 e. The fraction of sp³-hybridized carbons (Fsp3) is 0.176. The summed E-state index contributed by atoms with van der Waals surface area (Å²) in [6.07, 6.45) is 0.169. The molecule has 0 unspecified atom stereocenters. The molecule has 0 radical (unpaired) electrons. The van der Waals surface area contributed by atoms with Gasteiger partial charge in [0, 0.05) is 10.2 Å². The van der Waals surface area contributed by atoms with Crippen LogP contribution in [0, 0.1) is 6.92 Å². The summed E-state index contributed by atoms with van der Waals surface area (Å²) in [6, 6.07) is 14.4. The lowest BCUT2D eigenvalue weighted by Crippen LogP contribution is -2.34. The second kappa shape index (κ2) is 5.93. The van der Waals surface area contributed by atoms with Gasteiger partial charge < -0.3 is 5.32 Å². The topological polar surface area (TPSA) is 49.4 Å². The molecule has 5 heteroatoms. The molecule has 0 saturated carbocycles. The summed E-state index contributed by atoms with van der Waals surface area (Å²) in [5, 5.41) is 3.13. The third kappa shape index (κ3) is 2.90. The number of hydrogen-bond donors (Lipinski definition) is 1. The lowest BCUT2D eigenvalue weighted by atomic mass is 10.2. The highest BCUT2D eigenvalue weighted by molar-refractivity contribution is 9.10. The summed E-state index contributed by atoms with van der Waals surface area (Å²) in [5.74, 6) is -0.389. The van der Waals surface area contributed by atoms with E-state index in [1.54, 1.807) is 12.1 Å². The molecule has 2 aromatic rings. The molecule has 1 aliphatic heterocycles. The average molecular weight is 359 g/mol. The second-order valence-electron chi connectivity index (χ2n) is 5.31. The maximum Gasteiger partial charge on any atom is 0.256 e. The van der Waals surface area contributed by atoms with Crippen LogP contribution >= 0.6 is 15.9 Å². The lowest BCUT2D eigenvalue weighted by Gasteiger charge is -2.16. The Labute approximate surface area is 137 Å². The Morgan fingerprint density at radius 2 is 1.68 bits per heavy atom. The number of carbonyl (C=O) groups is 2. The first kappa shape index (κ1) is 14.8. The van der Waals surface area contributed by atoms with Crippen LogP contribution in [0.5, 0.6) is 0 Å². The Balaban J connectivity index is 1.79. The van der Waals surface area contributed by atoms with E-state index < -0.39 is 6.04 Å². The molecule has 2 amide bonds. The van der Waals surface area contributed by atoms with E-state index in [0.717, 1.165) is 15.7 Å². The number of hydrogen-bond acceptors (Lipinski definition) is 3. The fourth-order valence-electron chi connectivity index (χ4n) is 2.46. The van der Waals surface area contributed by atoms with Gasteiger partial charge in [-0.2, -0.15) is 0 Å². The normalized spacial score (nSPS) is 17.9. The van der Waals surface area contributed by atoms with Crippen LogP contribution in [0.1, 0.15) is 12.0 Å². The third-order valence-corrected chi connectivity index (χ3v) is 4.15. The number of anilines is 2. The number of nitrogens with zero attached hydrogens (tertiary/aromatic N) is 1. The molecule has 112 valence electrons. The third-order valence-electron chi connectivity index (χ3n) is 3.62.